The van der Waals surface area contributed by atoms with Crippen molar-refractivity contribution >= 4 is 0 Å². The number of ether oxygens (including phenoxy) is 1. The third kappa shape index (κ3) is 3.03. The summed E-state index contributed by atoms with van der Waals surface area (Å²) >= 11 is 0. The fourth-order valence-corrected chi connectivity index (χ4v) is 2.77. The lowest BCUT2D eigenvalue weighted by atomic mass is 9.89. The van der Waals surface area contributed by atoms with Crippen LogP contribution in [0.1, 0.15) is 42.9 Å². The molecule has 106 valence electrons. The molecule has 2 rings (SSSR count). The minimum absolute atomic E-state index is 0.148. The van der Waals surface area contributed by atoms with E-state index in [4.69, 9.17) is 10.5 Å². The smallest absolute Gasteiger partial charge is 0.416 e. The summed E-state index contributed by atoms with van der Waals surface area (Å²) in [5, 5.41) is 0. The quantitative estimate of drug-likeness (QED) is 0.906. The van der Waals surface area contributed by atoms with Crippen LogP contribution in [0.3, 0.4) is 0 Å². The van der Waals surface area contributed by atoms with Crippen LogP contribution >= 0.6 is 0 Å². The van der Waals surface area contributed by atoms with Gasteiger partial charge in [0, 0.05) is 6.04 Å². The van der Waals surface area contributed by atoms with Crippen molar-refractivity contribution < 1.29 is 17.9 Å². The van der Waals surface area contributed by atoms with Gasteiger partial charge in [0.15, 0.2) is 0 Å². The molecule has 2 nitrogen and oxygen atoms in total. The molecule has 1 atom stereocenters. The molecule has 0 radical (unpaired) electrons. The number of nitrogens with two attached hydrogens (primary N) is 1. The van der Waals surface area contributed by atoms with Crippen molar-refractivity contribution in [1.29, 1.82) is 0 Å². The van der Waals surface area contributed by atoms with Crippen LogP contribution in [0, 0.1) is 5.92 Å². The van der Waals surface area contributed by atoms with Gasteiger partial charge in [-0.25, -0.2) is 0 Å². The zero-order chi connectivity index (χ0) is 14.0. The van der Waals surface area contributed by atoms with E-state index in [-0.39, 0.29) is 17.2 Å². The third-order valence-electron chi connectivity index (χ3n) is 3.83. The van der Waals surface area contributed by atoms with Crippen molar-refractivity contribution in [3.05, 3.63) is 29.3 Å². The maximum atomic E-state index is 13.1. The van der Waals surface area contributed by atoms with Gasteiger partial charge in [0.2, 0.25) is 0 Å². The van der Waals surface area contributed by atoms with Gasteiger partial charge in [-0.05, 0) is 36.5 Å². The van der Waals surface area contributed by atoms with Crippen LogP contribution in [-0.2, 0) is 6.18 Å². The van der Waals surface area contributed by atoms with Crippen molar-refractivity contribution in [1.82, 2.24) is 0 Å². The molecule has 0 unspecified atom stereocenters. The van der Waals surface area contributed by atoms with E-state index in [1.807, 2.05) is 0 Å². The molecule has 5 heteroatoms. The molecule has 0 aromatic heterocycles. The standard InChI is InChI=1S/C14H18F3NO/c1-19-10-6-7-11(12(8-10)14(15,16)17)13(18)9-4-2-3-5-9/h6-9,13H,2-5,18H2,1H3/t13-/m0/s1. The van der Waals surface area contributed by atoms with Crippen LogP contribution in [-0.4, -0.2) is 7.11 Å². The minimum atomic E-state index is -4.40. The molecule has 19 heavy (non-hydrogen) atoms. The number of hydrogen-bond donors (Lipinski definition) is 1. The van der Waals surface area contributed by atoms with Gasteiger partial charge < -0.3 is 10.5 Å². The molecule has 0 spiro atoms. The largest absolute Gasteiger partial charge is 0.497 e. The molecule has 0 bridgehead atoms. The number of benzene rings is 1. The average molecular weight is 273 g/mol. The first-order valence-electron chi connectivity index (χ1n) is 6.44. The summed E-state index contributed by atoms with van der Waals surface area (Å²) < 4.78 is 44.2. The molecule has 1 fully saturated rings. The second-order valence-electron chi connectivity index (χ2n) is 5.02. The summed E-state index contributed by atoms with van der Waals surface area (Å²) in [6.45, 7) is 0. The fourth-order valence-electron chi connectivity index (χ4n) is 2.77. The van der Waals surface area contributed by atoms with Gasteiger partial charge >= 0.3 is 6.18 Å². The lowest BCUT2D eigenvalue weighted by Gasteiger charge is -2.23. The Morgan fingerprint density at radius 3 is 2.42 bits per heavy atom. The van der Waals surface area contributed by atoms with Gasteiger partial charge in [0.1, 0.15) is 5.75 Å². The predicted molar refractivity (Wildman–Crippen MR) is 66.9 cm³/mol. The van der Waals surface area contributed by atoms with Gasteiger partial charge in [-0.3, -0.25) is 0 Å². The summed E-state index contributed by atoms with van der Waals surface area (Å²) in [6, 6.07) is 3.47. The molecule has 1 aromatic rings. The van der Waals surface area contributed by atoms with Gasteiger partial charge in [-0.1, -0.05) is 18.9 Å². The van der Waals surface area contributed by atoms with E-state index in [0.29, 0.717) is 0 Å². The zero-order valence-electron chi connectivity index (χ0n) is 10.8. The molecule has 0 aliphatic heterocycles. The minimum Gasteiger partial charge on any atom is -0.497 e. The summed E-state index contributed by atoms with van der Waals surface area (Å²) in [7, 11) is 1.35. The van der Waals surface area contributed by atoms with Crippen molar-refractivity contribution in [3.8, 4) is 5.75 Å². The highest BCUT2D eigenvalue weighted by atomic mass is 19.4. The third-order valence-corrected chi connectivity index (χ3v) is 3.83. The Hall–Kier alpha value is -1.23. The van der Waals surface area contributed by atoms with E-state index >= 15 is 0 Å². The van der Waals surface area contributed by atoms with E-state index in [9.17, 15) is 13.2 Å². The first-order valence-corrected chi connectivity index (χ1v) is 6.44. The average Bonchev–Trinajstić information content (AvgIpc) is 2.90. The van der Waals surface area contributed by atoms with Crippen LogP contribution in [0.25, 0.3) is 0 Å². The summed E-state index contributed by atoms with van der Waals surface area (Å²) in [5.41, 5.74) is 5.55. The molecular formula is C14H18F3NO. The van der Waals surface area contributed by atoms with Crippen molar-refractivity contribution in [3.63, 3.8) is 0 Å². The molecule has 1 aliphatic carbocycles. The van der Waals surface area contributed by atoms with Crippen molar-refractivity contribution in [2.75, 3.05) is 7.11 Å². The number of rotatable bonds is 3. The van der Waals surface area contributed by atoms with Crippen LogP contribution in [0.4, 0.5) is 13.2 Å². The first kappa shape index (κ1) is 14.2. The van der Waals surface area contributed by atoms with Crippen LogP contribution < -0.4 is 10.5 Å². The number of alkyl halides is 3. The van der Waals surface area contributed by atoms with Crippen molar-refractivity contribution in [2.24, 2.45) is 11.7 Å². The molecule has 1 aliphatic rings. The normalized spacial score (nSPS) is 18.6. The molecule has 2 N–H and O–H groups in total. The summed E-state index contributed by atoms with van der Waals surface area (Å²) in [5.74, 6) is 0.351. The van der Waals surface area contributed by atoms with E-state index in [2.05, 4.69) is 0 Å². The Kier molecular flexibility index (Phi) is 4.04. The SMILES string of the molecule is COc1ccc([C@@H](N)C2CCCC2)c(C(F)(F)F)c1. The second kappa shape index (κ2) is 5.41. The van der Waals surface area contributed by atoms with Crippen LogP contribution in [0.2, 0.25) is 0 Å². The highest BCUT2D eigenvalue weighted by molar-refractivity contribution is 5.39. The maximum Gasteiger partial charge on any atom is 0.416 e. The monoisotopic (exact) mass is 273 g/mol. The number of methoxy groups -OCH3 is 1. The Labute approximate surface area is 110 Å². The molecule has 0 amide bonds. The fraction of sp³-hybridized carbons (Fsp3) is 0.571. The molecule has 1 aromatic carbocycles. The van der Waals surface area contributed by atoms with E-state index in [1.165, 1.54) is 13.2 Å². The lowest BCUT2D eigenvalue weighted by molar-refractivity contribution is -0.138. The Bertz CT molecular complexity index is 439. The first-order chi connectivity index (χ1) is 8.93. The Balaban J connectivity index is 2.38. The predicted octanol–water partition coefficient (Wildman–Crippen LogP) is 3.90. The topological polar surface area (TPSA) is 35.2 Å². The highest BCUT2D eigenvalue weighted by Gasteiger charge is 2.37. The molecule has 0 saturated heterocycles. The highest BCUT2D eigenvalue weighted by Crippen LogP contribution is 2.41. The zero-order valence-corrected chi connectivity index (χ0v) is 10.8. The number of halogens is 3. The van der Waals surface area contributed by atoms with Crippen LogP contribution in [0.5, 0.6) is 5.75 Å². The second-order valence-corrected chi connectivity index (χ2v) is 5.02. The number of hydrogen-bond acceptors (Lipinski definition) is 2. The van der Waals surface area contributed by atoms with Gasteiger partial charge in [0.25, 0.3) is 0 Å². The van der Waals surface area contributed by atoms with Gasteiger partial charge in [-0.15, -0.1) is 0 Å². The summed E-state index contributed by atoms with van der Waals surface area (Å²) in [4.78, 5) is 0. The lowest BCUT2D eigenvalue weighted by Crippen LogP contribution is -2.23. The molecular weight excluding hydrogens is 255 g/mol. The van der Waals surface area contributed by atoms with Crippen molar-refractivity contribution in [2.45, 2.75) is 37.9 Å². The maximum absolute atomic E-state index is 13.1. The summed E-state index contributed by atoms with van der Waals surface area (Å²) in [6.07, 6.45) is -0.485. The Morgan fingerprint density at radius 1 is 1.26 bits per heavy atom. The van der Waals surface area contributed by atoms with Gasteiger partial charge in [-0.2, -0.15) is 13.2 Å². The van der Waals surface area contributed by atoms with Crippen LogP contribution in [0.15, 0.2) is 18.2 Å². The molecule has 1 saturated carbocycles. The molecule has 0 heterocycles. The van der Waals surface area contributed by atoms with E-state index < -0.39 is 17.8 Å². The Morgan fingerprint density at radius 2 is 1.89 bits per heavy atom. The van der Waals surface area contributed by atoms with E-state index in [0.717, 1.165) is 31.7 Å². The van der Waals surface area contributed by atoms with E-state index in [1.54, 1.807) is 6.07 Å². The van der Waals surface area contributed by atoms with Gasteiger partial charge in [0.05, 0.1) is 12.7 Å².